The van der Waals surface area contributed by atoms with E-state index in [4.69, 9.17) is 19.4 Å². The van der Waals surface area contributed by atoms with Gasteiger partial charge >= 0.3 is 6.18 Å². The second kappa shape index (κ2) is 10.1. The SMILES string of the molecule is CCCc1cc2c(N3CCn4c(nnc4C(F)(F)F)C3)nc(N3CCc4cc(OC)c(OC)cc4C3C)nc2s1. The first kappa shape index (κ1) is 26.6. The Kier molecular flexibility index (Phi) is 6.71. The quantitative estimate of drug-likeness (QED) is 0.303. The minimum Gasteiger partial charge on any atom is -0.493 e. The monoisotopic (exact) mass is 573 g/mol. The van der Waals surface area contributed by atoms with Crippen molar-refractivity contribution in [3.05, 3.63) is 45.9 Å². The van der Waals surface area contributed by atoms with E-state index in [9.17, 15) is 13.2 Å². The summed E-state index contributed by atoms with van der Waals surface area (Å²) in [6, 6.07) is 6.15. The lowest BCUT2D eigenvalue weighted by Crippen LogP contribution is -2.37. The molecule has 1 unspecified atom stereocenters. The fraction of sp³-hybridized carbons (Fsp3) is 0.481. The summed E-state index contributed by atoms with van der Waals surface area (Å²) in [6.45, 7) is 5.63. The molecule has 0 bridgehead atoms. The normalized spacial score (nSPS) is 17.2. The lowest BCUT2D eigenvalue weighted by molar-refractivity contribution is -0.147. The molecule has 1 aromatic carbocycles. The molecule has 212 valence electrons. The molecule has 13 heteroatoms. The number of nitrogens with zero attached hydrogens (tertiary/aromatic N) is 7. The van der Waals surface area contributed by atoms with Crippen molar-refractivity contribution in [2.45, 2.75) is 58.4 Å². The number of thiophene rings is 1. The van der Waals surface area contributed by atoms with E-state index in [1.54, 1.807) is 25.6 Å². The smallest absolute Gasteiger partial charge is 0.451 e. The van der Waals surface area contributed by atoms with Crippen LogP contribution in [0.2, 0.25) is 0 Å². The molecule has 0 N–H and O–H groups in total. The van der Waals surface area contributed by atoms with Gasteiger partial charge in [-0.25, -0.2) is 4.98 Å². The fourth-order valence-electron chi connectivity index (χ4n) is 5.65. The number of hydrogen-bond acceptors (Lipinski definition) is 9. The van der Waals surface area contributed by atoms with Crippen molar-refractivity contribution in [3.63, 3.8) is 0 Å². The third kappa shape index (κ3) is 4.49. The maximum Gasteiger partial charge on any atom is 0.451 e. The maximum absolute atomic E-state index is 13.4. The van der Waals surface area contributed by atoms with Gasteiger partial charge in [-0.1, -0.05) is 13.3 Å². The topological polar surface area (TPSA) is 81.4 Å². The van der Waals surface area contributed by atoms with E-state index in [0.29, 0.717) is 36.4 Å². The van der Waals surface area contributed by atoms with Crippen LogP contribution in [-0.4, -0.2) is 52.0 Å². The molecule has 40 heavy (non-hydrogen) atoms. The minimum absolute atomic E-state index is 0.0253. The number of fused-ring (bicyclic) bond motifs is 3. The highest BCUT2D eigenvalue weighted by Gasteiger charge is 2.40. The summed E-state index contributed by atoms with van der Waals surface area (Å²) in [4.78, 5) is 16.3. The first-order valence-corrected chi connectivity index (χ1v) is 14.1. The van der Waals surface area contributed by atoms with Gasteiger partial charge in [0.1, 0.15) is 10.6 Å². The molecule has 0 spiro atoms. The van der Waals surface area contributed by atoms with E-state index >= 15 is 0 Å². The molecule has 9 nitrogen and oxygen atoms in total. The van der Waals surface area contributed by atoms with E-state index in [-0.39, 0.29) is 25.0 Å². The standard InChI is InChI=1S/C27H30F3N7O2S/c1-5-6-17-12-19-23(35-9-10-37-22(14-35)33-34-25(37)27(28,29)30)31-26(32-24(19)40-17)36-8-7-16-11-20(38-3)21(39-4)13-18(16)15(36)2/h11-13,15H,5-10,14H2,1-4H3. The van der Waals surface area contributed by atoms with Crippen LogP contribution in [-0.2, 0) is 32.1 Å². The number of methoxy groups -OCH3 is 2. The molecule has 0 fully saturated rings. The summed E-state index contributed by atoms with van der Waals surface area (Å²) in [7, 11) is 3.26. The second-order valence-corrected chi connectivity index (χ2v) is 11.2. The molecule has 3 aromatic heterocycles. The van der Waals surface area contributed by atoms with Crippen LogP contribution in [0.25, 0.3) is 10.2 Å². The van der Waals surface area contributed by atoms with Crippen LogP contribution in [0.1, 0.15) is 54.0 Å². The minimum atomic E-state index is -4.54. The summed E-state index contributed by atoms with van der Waals surface area (Å²) >= 11 is 1.65. The van der Waals surface area contributed by atoms with E-state index < -0.39 is 12.0 Å². The van der Waals surface area contributed by atoms with Crippen molar-refractivity contribution in [2.75, 3.05) is 37.1 Å². The van der Waals surface area contributed by atoms with Crippen LogP contribution in [0.4, 0.5) is 24.9 Å². The zero-order valence-corrected chi connectivity index (χ0v) is 23.6. The summed E-state index contributed by atoms with van der Waals surface area (Å²) in [5.41, 5.74) is 2.32. The molecule has 6 rings (SSSR count). The van der Waals surface area contributed by atoms with Crippen LogP contribution in [0.15, 0.2) is 18.2 Å². The number of halogens is 3. The Morgan fingerprint density at radius 1 is 1.02 bits per heavy atom. The summed E-state index contributed by atoms with van der Waals surface area (Å²) in [5, 5.41) is 8.23. The molecule has 1 atom stereocenters. The highest BCUT2D eigenvalue weighted by atomic mass is 32.1. The molecular formula is C27H30F3N7O2S. The van der Waals surface area contributed by atoms with E-state index in [2.05, 4.69) is 35.0 Å². The number of rotatable bonds is 6. The molecular weight excluding hydrogens is 543 g/mol. The Hall–Kier alpha value is -3.61. The summed E-state index contributed by atoms with van der Waals surface area (Å²) < 4.78 is 52.5. The molecule has 0 saturated heterocycles. The first-order valence-electron chi connectivity index (χ1n) is 13.3. The highest BCUT2D eigenvalue weighted by molar-refractivity contribution is 7.18. The molecule has 2 aliphatic rings. The molecule has 0 amide bonds. The van der Waals surface area contributed by atoms with Gasteiger partial charge in [0.15, 0.2) is 17.3 Å². The van der Waals surface area contributed by atoms with Crippen molar-refractivity contribution in [1.82, 2.24) is 24.7 Å². The van der Waals surface area contributed by atoms with Gasteiger partial charge in [-0.15, -0.1) is 21.5 Å². The van der Waals surface area contributed by atoms with Gasteiger partial charge in [-0.2, -0.15) is 18.2 Å². The molecule has 0 radical (unpaired) electrons. The number of aromatic nitrogens is 5. The number of benzene rings is 1. The van der Waals surface area contributed by atoms with Crippen molar-refractivity contribution in [3.8, 4) is 11.5 Å². The first-order chi connectivity index (χ1) is 19.2. The molecule has 0 saturated carbocycles. The lowest BCUT2D eigenvalue weighted by atomic mass is 9.93. The number of alkyl halides is 3. The lowest BCUT2D eigenvalue weighted by Gasteiger charge is -2.36. The van der Waals surface area contributed by atoms with Crippen molar-refractivity contribution < 1.29 is 22.6 Å². The molecule has 4 aromatic rings. The molecule has 2 aliphatic heterocycles. The van der Waals surface area contributed by atoms with Crippen LogP contribution < -0.4 is 19.3 Å². The molecule has 5 heterocycles. The fourth-order valence-corrected chi connectivity index (χ4v) is 6.77. The average molecular weight is 574 g/mol. The Bertz CT molecular complexity index is 1570. The summed E-state index contributed by atoms with van der Waals surface area (Å²) in [6.07, 6.45) is -1.83. The predicted octanol–water partition coefficient (Wildman–Crippen LogP) is 5.42. The second-order valence-electron chi connectivity index (χ2n) is 10.1. The van der Waals surface area contributed by atoms with Crippen molar-refractivity contribution in [1.29, 1.82) is 0 Å². The molecule has 0 aliphatic carbocycles. The van der Waals surface area contributed by atoms with E-state index in [0.717, 1.165) is 39.6 Å². The number of aryl methyl sites for hydroxylation is 1. The number of anilines is 2. The van der Waals surface area contributed by atoms with Crippen LogP contribution >= 0.6 is 11.3 Å². The third-order valence-electron chi connectivity index (χ3n) is 7.66. The maximum atomic E-state index is 13.4. The van der Waals surface area contributed by atoms with Gasteiger partial charge in [-0.05, 0) is 49.1 Å². The van der Waals surface area contributed by atoms with Gasteiger partial charge in [0.2, 0.25) is 11.8 Å². The van der Waals surface area contributed by atoms with Gasteiger partial charge in [0, 0.05) is 24.5 Å². The van der Waals surface area contributed by atoms with Crippen molar-refractivity contribution >= 4 is 33.3 Å². The van der Waals surface area contributed by atoms with Crippen LogP contribution in [0, 0.1) is 0 Å². The van der Waals surface area contributed by atoms with Gasteiger partial charge < -0.3 is 23.8 Å². The Balaban J connectivity index is 1.40. The Morgan fingerprint density at radius 2 is 1.80 bits per heavy atom. The number of ether oxygens (including phenoxy) is 2. The Labute approximate surface area is 233 Å². The largest absolute Gasteiger partial charge is 0.493 e. The van der Waals surface area contributed by atoms with Gasteiger partial charge in [0.25, 0.3) is 0 Å². The summed E-state index contributed by atoms with van der Waals surface area (Å²) in [5.74, 6) is 2.01. The third-order valence-corrected chi connectivity index (χ3v) is 8.75. The van der Waals surface area contributed by atoms with Crippen LogP contribution in [0.3, 0.4) is 0 Å². The van der Waals surface area contributed by atoms with Crippen molar-refractivity contribution in [2.24, 2.45) is 0 Å². The van der Waals surface area contributed by atoms with E-state index in [1.165, 1.54) is 10.4 Å². The zero-order valence-electron chi connectivity index (χ0n) is 22.7. The zero-order chi connectivity index (χ0) is 28.2. The predicted molar refractivity (Wildman–Crippen MR) is 146 cm³/mol. The van der Waals surface area contributed by atoms with Crippen LogP contribution in [0.5, 0.6) is 11.5 Å². The van der Waals surface area contributed by atoms with E-state index in [1.807, 2.05) is 17.0 Å². The highest BCUT2D eigenvalue weighted by Crippen LogP contribution is 2.41. The van der Waals surface area contributed by atoms with Gasteiger partial charge in [-0.3, -0.25) is 0 Å². The average Bonchev–Trinajstić information content (AvgIpc) is 3.55. The van der Waals surface area contributed by atoms with Gasteiger partial charge in [0.05, 0.1) is 32.2 Å². The number of hydrogen-bond donors (Lipinski definition) is 0. The Morgan fingerprint density at radius 3 is 2.52 bits per heavy atom.